The van der Waals surface area contributed by atoms with Crippen LogP contribution in [0.4, 0.5) is 5.69 Å². The van der Waals surface area contributed by atoms with Crippen LogP contribution >= 0.6 is 11.8 Å². The third-order valence-electron chi connectivity index (χ3n) is 2.76. The van der Waals surface area contributed by atoms with Gasteiger partial charge in [-0.1, -0.05) is 0 Å². The molecule has 2 amide bonds. The number of nitrogens with two attached hydrogens (primary N) is 1. The smallest absolute Gasteiger partial charge is 0.251 e. The molecule has 1 aromatic carbocycles. The number of hydrogen-bond donors (Lipinski definition) is 3. The van der Waals surface area contributed by atoms with Gasteiger partial charge in [0.2, 0.25) is 5.91 Å². The van der Waals surface area contributed by atoms with Crippen LogP contribution in [0.5, 0.6) is 0 Å². The lowest BCUT2D eigenvalue weighted by molar-refractivity contribution is -0.113. The molecular formula is C13H17N3O2S. The highest BCUT2D eigenvalue weighted by molar-refractivity contribution is 8.00. The molecule has 1 heterocycles. The van der Waals surface area contributed by atoms with E-state index < -0.39 is 0 Å². The molecule has 1 aliphatic rings. The van der Waals surface area contributed by atoms with Gasteiger partial charge in [-0.05, 0) is 31.5 Å². The van der Waals surface area contributed by atoms with Gasteiger partial charge in [-0.15, -0.1) is 11.8 Å². The predicted octanol–water partition coefficient (Wildman–Crippen LogP) is 1.20. The Bertz CT molecular complexity index is 503. The van der Waals surface area contributed by atoms with E-state index in [0.717, 1.165) is 11.3 Å². The SMILES string of the molecule is CC(N)CCNC(=O)c1ccc2c(c1)NC(=O)CS2. The minimum atomic E-state index is -0.145. The second-order valence-corrected chi connectivity index (χ2v) is 5.59. The van der Waals surface area contributed by atoms with Crippen molar-refractivity contribution < 1.29 is 9.59 Å². The average molecular weight is 279 g/mol. The second kappa shape index (κ2) is 6.08. The van der Waals surface area contributed by atoms with Crippen LogP contribution in [0, 0.1) is 0 Å². The molecule has 0 radical (unpaired) electrons. The summed E-state index contributed by atoms with van der Waals surface area (Å²) in [6.45, 7) is 2.45. The minimum absolute atomic E-state index is 0.0352. The van der Waals surface area contributed by atoms with Crippen LogP contribution in [-0.4, -0.2) is 30.2 Å². The van der Waals surface area contributed by atoms with Crippen molar-refractivity contribution in [1.29, 1.82) is 0 Å². The summed E-state index contributed by atoms with van der Waals surface area (Å²) in [4.78, 5) is 24.2. The molecule has 4 N–H and O–H groups in total. The zero-order valence-electron chi connectivity index (χ0n) is 10.7. The van der Waals surface area contributed by atoms with E-state index in [4.69, 9.17) is 5.73 Å². The van der Waals surface area contributed by atoms with Crippen LogP contribution in [-0.2, 0) is 4.79 Å². The molecule has 0 aromatic heterocycles. The number of thioether (sulfide) groups is 1. The molecule has 1 aromatic rings. The Morgan fingerprint density at radius 1 is 1.58 bits per heavy atom. The Morgan fingerprint density at radius 2 is 2.37 bits per heavy atom. The zero-order chi connectivity index (χ0) is 13.8. The van der Waals surface area contributed by atoms with E-state index in [-0.39, 0.29) is 17.9 Å². The molecule has 5 nitrogen and oxygen atoms in total. The van der Waals surface area contributed by atoms with E-state index in [2.05, 4.69) is 10.6 Å². The molecule has 1 atom stereocenters. The van der Waals surface area contributed by atoms with Gasteiger partial charge >= 0.3 is 0 Å². The maximum Gasteiger partial charge on any atom is 0.251 e. The molecule has 19 heavy (non-hydrogen) atoms. The van der Waals surface area contributed by atoms with Gasteiger partial charge in [-0.25, -0.2) is 0 Å². The van der Waals surface area contributed by atoms with Crippen LogP contribution < -0.4 is 16.4 Å². The van der Waals surface area contributed by atoms with Crippen molar-refractivity contribution in [2.24, 2.45) is 5.73 Å². The van der Waals surface area contributed by atoms with Crippen molar-refractivity contribution >= 4 is 29.3 Å². The lowest BCUT2D eigenvalue weighted by Gasteiger charge is -2.17. The number of hydrogen-bond acceptors (Lipinski definition) is 4. The molecule has 2 rings (SSSR count). The van der Waals surface area contributed by atoms with Crippen molar-refractivity contribution in [3.8, 4) is 0 Å². The molecule has 0 saturated carbocycles. The lowest BCUT2D eigenvalue weighted by atomic mass is 10.1. The van der Waals surface area contributed by atoms with Gasteiger partial charge in [0.25, 0.3) is 5.91 Å². The quantitative estimate of drug-likeness (QED) is 0.773. The van der Waals surface area contributed by atoms with Crippen LogP contribution in [0.25, 0.3) is 0 Å². The molecule has 0 bridgehead atoms. The number of rotatable bonds is 4. The zero-order valence-corrected chi connectivity index (χ0v) is 11.5. The van der Waals surface area contributed by atoms with E-state index in [1.54, 1.807) is 12.1 Å². The molecule has 1 aliphatic heterocycles. The van der Waals surface area contributed by atoms with Gasteiger partial charge in [0.1, 0.15) is 0 Å². The summed E-state index contributed by atoms with van der Waals surface area (Å²) in [5.74, 6) is 0.243. The fourth-order valence-corrected chi connectivity index (χ4v) is 2.53. The third-order valence-corrected chi connectivity index (χ3v) is 3.83. The Morgan fingerprint density at radius 3 is 3.11 bits per heavy atom. The number of nitrogens with one attached hydrogen (secondary N) is 2. The largest absolute Gasteiger partial charge is 0.352 e. The summed E-state index contributed by atoms with van der Waals surface area (Å²) >= 11 is 1.48. The number of carbonyl (C=O) groups is 2. The predicted molar refractivity (Wildman–Crippen MR) is 76.4 cm³/mol. The van der Waals surface area contributed by atoms with Crippen molar-refractivity contribution in [3.63, 3.8) is 0 Å². The van der Waals surface area contributed by atoms with Crippen LogP contribution in [0.15, 0.2) is 23.1 Å². The summed E-state index contributed by atoms with van der Waals surface area (Å²) in [6.07, 6.45) is 0.739. The van der Waals surface area contributed by atoms with Crippen LogP contribution in [0.2, 0.25) is 0 Å². The highest BCUT2D eigenvalue weighted by Gasteiger charge is 2.17. The van der Waals surface area contributed by atoms with Crippen molar-refractivity contribution in [2.75, 3.05) is 17.6 Å². The second-order valence-electron chi connectivity index (χ2n) is 4.57. The van der Waals surface area contributed by atoms with Gasteiger partial charge in [-0.2, -0.15) is 0 Å². The van der Waals surface area contributed by atoms with E-state index in [1.165, 1.54) is 11.8 Å². The minimum Gasteiger partial charge on any atom is -0.352 e. The molecule has 0 saturated heterocycles. The topological polar surface area (TPSA) is 84.2 Å². The van der Waals surface area contributed by atoms with E-state index in [9.17, 15) is 9.59 Å². The van der Waals surface area contributed by atoms with Gasteiger partial charge in [0, 0.05) is 23.0 Å². The number of amides is 2. The first-order valence-electron chi connectivity index (χ1n) is 6.17. The van der Waals surface area contributed by atoms with Crippen LogP contribution in [0.1, 0.15) is 23.7 Å². The Labute approximate surface area is 116 Å². The van der Waals surface area contributed by atoms with Gasteiger partial charge < -0.3 is 16.4 Å². The molecule has 0 aliphatic carbocycles. The molecular weight excluding hydrogens is 262 g/mol. The Kier molecular flexibility index (Phi) is 4.44. The first-order valence-corrected chi connectivity index (χ1v) is 7.15. The lowest BCUT2D eigenvalue weighted by Crippen LogP contribution is -2.29. The first-order chi connectivity index (χ1) is 9.06. The molecule has 0 spiro atoms. The fourth-order valence-electron chi connectivity index (χ4n) is 1.74. The van der Waals surface area contributed by atoms with Gasteiger partial charge in [0.05, 0.1) is 11.4 Å². The van der Waals surface area contributed by atoms with Gasteiger partial charge in [0.15, 0.2) is 0 Å². The van der Waals surface area contributed by atoms with Crippen LogP contribution in [0.3, 0.4) is 0 Å². The highest BCUT2D eigenvalue weighted by Crippen LogP contribution is 2.31. The maximum absolute atomic E-state index is 11.9. The summed E-state index contributed by atoms with van der Waals surface area (Å²) in [7, 11) is 0. The maximum atomic E-state index is 11.9. The molecule has 6 heteroatoms. The molecule has 0 fully saturated rings. The third kappa shape index (κ3) is 3.71. The van der Waals surface area contributed by atoms with Crippen molar-refractivity contribution in [2.45, 2.75) is 24.3 Å². The Hall–Kier alpha value is -1.53. The summed E-state index contributed by atoms with van der Waals surface area (Å²) < 4.78 is 0. The van der Waals surface area contributed by atoms with Crippen molar-refractivity contribution in [1.82, 2.24) is 5.32 Å². The monoisotopic (exact) mass is 279 g/mol. The van der Waals surface area contributed by atoms with E-state index in [0.29, 0.717) is 23.5 Å². The van der Waals surface area contributed by atoms with Gasteiger partial charge in [-0.3, -0.25) is 9.59 Å². The number of fused-ring (bicyclic) bond motifs is 1. The summed E-state index contributed by atoms with van der Waals surface area (Å²) in [5.41, 5.74) is 6.88. The van der Waals surface area contributed by atoms with E-state index in [1.807, 2.05) is 13.0 Å². The van der Waals surface area contributed by atoms with E-state index >= 15 is 0 Å². The summed E-state index contributed by atoms with van der Waals surface area (Å²) in [6, 6.07) is 5.41. The molecule has 1 unspecified atom stereocenters. The Balaban J connectivity index is 2.02. The standard InChI is InChI=1S/C13H17N3O2S/c1-8(14)4-5-15-13(18)9-2-3-11-10(6-9)16-12(17)7-19-11/h2-3,6,8H,4-5,7,14H2,1H3,(H,15,18)(H,16,17). The number of benzene rings is 1. The summed E-state index contributed by atoms with van der Waals surface area (Å²) in [5, 5.41) is 5.58. The average Bonchev–Trinajstić information content (AvgIpc) is 2.37. The number of anilines is 1. The van der Waals surface area contributed by atoms with Crippen molar-refractivity contribution in [3.05, 3.63) is 23.8 Å². The molecule has 102 valence electrons. The first kappa shape index (κ1) is 13.9. The highest BCUT2D eigenvalue weighted by atomic mass is 32.2. The fraction of sp³-hybridized carbons (Fsp3) is 0.385. The number of carbonyl (C=O) groups excluding carboxylic acids is 2. The normalized spacial score (nSPS) is 15.4.